The van der Waals surface area contributed by atoms with E-state index in [4.69, 9.17) is 9.47 Å². The number of carbonyl (C=O) groups excluding carboxylic acids is 5. The third-order valence-corrected chi connectivity index (χ3v) is 9.15. The zero-order chi connectivity index (χ0) is 24.3. The highest BCUT2D eigenvalue weighted by atomic mass is 32.1. The van der Waals surface area contributed by atoms with Crippen LogP contribution in [-0.2, 0) is 35.1 Å². The van der Waals surface area contributed by atoms with E-state index in [1.807, 2.05) is 20.8 Å². The average Bonchev–Trinajstić information content (AvgIpc) is 3.38. The number of piperidine rings is 1. The maximum Gasteiger partial charge on any atom is 0.341 e. The number of carbonyl (C=O) groups is 5. The fraction of sp³-hybridized carbons (Fsp3) is 0.609. The van der Waals surface area contributed by atoms with Gasteiger partial charge in [-0.05, 0) is 36.7 Å². The Kier molecular flexibility index (Phi) is 5.63. The normalized spacial score (nSPS) is 27.4. The molecule has 1 N–H and O–H groups in total. The Hall–Kier alpha value is -2.75. The molecule has 0 spiro atoms. The summed E-state index contributed by atoms with van der Waals surface area (Å²) < 4.78 is 9.78. The second kappa shape index (κ2) is 7.93. The van der Waals surface area contributed by atoms with Crippen molar-refractivity contribution >= 4 is 46.0 Å². The van der Waals surface area contributed by atoms with Crippen molar-refractivity contribution in [2.75, 3.05) is 26.1 Å². The number of ether oxygens (including phenoxy) is 2. The molecular formula is C23H28N2O7S. The topological polar surface area (TPSA) is 119 Å². The smallest absolute Gasteiger partial charge is 0.341 e. The minimum Gasteiger partial charge on any atom is -0.469 e. The van der Waals surface area contributed by atoms with Crippen molar-refractivity contribution in [3.8, 4) is 0 Å². The summed E-state index contributed by atoms with van der Waals surface area (Å²) in [6, 6.07) is 0. The van der Waals surface area contributed by atoms with Crippen molar-refractivity contribution in [2.24, 2.45) is 16.7 Å². The molecule has 2 bridgehead atoms. The molecule has 2 fully saturated rings. The highest BCUT2D eigenvalue weighted by Gasteiger charge is 2.64. The number of nitrogens with zero attached hydrogens (tertiary/aromatic N) is 1. The lowest BCUT2D eigenvalue weighted by molar-refractivity contribution is -0.168. The zero-order valence-corrected chi connectivity index (χ0v) is 20.2. The van der Waals surface area contributed by atoms with Gasteiger partial charge in [0.1, 0.15) is 11.5 Å². The molecule has 1 aromatic heterocycles. The van der Waals surface area contributed by atoms with Gasteiger partial charge >= 0.3 is 11.9 Å². The van der Waals surface area contributed by atoms with Crippen LogP contribution < -0.4 is 5.32 Å². The third kappa shape index (κ3) is 3.29. The SMILES string of the molecule is COC(=O)c1c(NC(=O)CN2C(=O)C3CCC(C)(C2=O)C3(C)C)sc2c1C(C(=O)OC)CC2. The van der Waals surface area contributed by atoms with Crippen molar-refractivity contribution in [3.05, 3.63) is 16.0 Å². The highest BCUT2D eigenvalue weighted by molar-refractivity contribution is 7.17. The largest absolute Gasteiger partial charge is 0.469 e. The van der Waals surface area contributed by atoms with Crippen LogP contribution in [0.25, 0.3) is 0 Å². The van der Waals surface area contributed by atoms with Crippen LogP contribution >= 0.6 is 11.3 Å². The predicted octanol–water partition coefficient (Wildman–Crippen LogP) is 2.49. The molecule has 3 amide bonds. The first kappa shape index (κ1) is 23.4. The first-order chi connectivity index (χ1) is 15.5. The summed E-state index contributed by atoms with van der Waals surface area (Å²) in [5, 5.41) is 2.93. The maximum absolute atomic E-state index is 13.2. The van der Waals surface area contributed by atoms with Gasteiger partial charge < -0.3 is 14.8 Å². The monoisotopic (exact) mass is 476 g/mol. The van der Waals surface area contributed by atoms with Crippen LogP contribution in [0, 0.1) is 16.7 Å². The van der Waals surface area contributed by atoms with Crippen molar-refractivity contribution in [2.45, 2.75) is 52.4 Å². The number of imide groups is 1. The van der Waals surface area contributed by atoms with Crippen LogP contribution in [0.4, 0.5) is 5.00 Å². The number of amides is 3. The number of methoxy groups -OCH3 is 2. The Morgan fingerprint density at radius 2 is 1.82 bits per heavy atom. The van der Waals surface area contributed by atoms with E-state index in [0.29, 0.717) is 31.2 Å². The van der Waals surface area contributed by atoms with Crippen LogP contribution in [-0.4, -0.2) is 55.3 Å². The molecule has 1 saturated carbocycles. The quantitative estimate of drug-likeness (QED) is 0.512. The second-order valence-corrected chi connectivity index (χ2v) is 10.8. The van der Waals surface area contributed by atoms with Crippen LogP contribution in [0.15, 0.2) is 0 Å². The molecule has 33 heavy (non-hydrogen) atoms. The van der Waals surface area contributed by atoms with E-state index in [1.54, 1.807) is 0 Å². The van der Waals surface area contributed by atoms with Gasteiger partial charge in [-0.25, -0.2) is 4.79 Å². The zero-order valence-electron chi connectivity index (χ0n) is 19.4. The van der Waals surface area contributed by atoms with Crippen molar-refractivity contribution < 1.29 is 33.4 Å². The summed E-state index contributed by atoms with van der Waals surface area (Å²) in [5.41, 5.74) is -0.528. The summed E-state index contributed by atoms with van der Waals surface area (Å²) >= 11 is 1.20. The van der Waals surface area contributed by atoms with Crippen LogP contribution in [0.5, 0.6) is 0 Å². The maximum atomic E-state index is 13.2. The first-order valence-electron chi connectivity index (χ1n) is 10.9. The minimum atomic E-state index is -0.707. The summed E-state index contributed by atoms with van der Waals surface area (Å²) in [7, 11) is 2.51. The fourth-order valence-corrected chi connectivity index (χ4v) is 6.88. The van der Waals surface area contributed by atoms with Gasteiger partial charge in [0, 0.05) is 10.8 Å². The van der Waals surface area contributed by atoms with Gasteiger partial charge in [0.25, 0.3) is 0 Å². The summed E-state index contributed by atoms with van der Waals surface area (Å²) in [4.78, 5) is 65.8. The van der Waals surface area contributed by atoms with Crippen LogP contribution in [0.1, 0.15) is 66.8 Å². The molecule has 0 aromatic carbocycles. The van der Waals surface area contributed by atoms with Crippen molar-refractivity contribution in [1.82, 2.24) is 4.90 Å². The number of hydrogen-bond acceptors (Lipinski definition) is 8. The van der Waals surface area contributed by atoms with E-state index < -0.39 is 41.1 Å². The van der Waals surface area contributed by atoms with Crippen LogP contribution in [0.3, 0.4) is 0 Å². The van der Waals surface area contributed by atoms with E-state index in [-0.39, 0.29) is 28.3 Å². The van der Waals surface area contributed by atoms with Gasteiger partial charge in [0.15, 0.2) is 0 Å². The molecule has 3 unspecified atom stereocenters. The molecule has 0 radical (unpaired) electrons. The molecule has 10 heteroatoms. The molecule has 178 valence electrons. The summed E-state index contributed by atoms with van der Waals surface area (Å²) in [5.74, 6) is -3.30. The van der Waals surface area contributed by atoms with Crippen LogP contribution in [0.2, 0.25) is 0 Å². The molecule has 9 nitrogen and oxygen atoms in total. The molecule has 1 aromatic rings. The molecule has 3 aliphatic rings. The molecule has 4 rings (SSSR count). The Morgan fingerprint density at radius 1 is 1.12 bits per heavy atom. The van der Waals surface area contributed by atoms with Gasteiger partial charge in [-0.3, -0.25) is 24.1 Å². The molecular weight excluding hydrogens is 448 g/mol. The lowest BCUT2D eigenvalue weighted by atomic mass is 9.62. The Labute approximate surface area is 195 Å². The van der Waals surface area contributed by atoms with E-state index >= 15 is 0 Å². The molecule has 3 atom stereocenters. The lowest BCUT2D eigenvalue weighted by Gasteiger charge is -2.47. The van der Waals surface area contributed by atoms with E-state index in [1.165, 1.54) is 25.6 Å². The number of rotatable bonds is 5. The molecule has 2 aliphatic carbocycles. The summed E-state index contributed by atoms with van der Waals surface area (Å²) in [6.07, 6.45) is 2.30. The van der Waals surface area contributed by atoms with Crippen molar-refractivity contribution in [3.63, 3.8) is 0 Å². The summed E-state index contributed by atoms with van der Waals surface area (Å²) in [6.45, 7) is 5.30. The van der Waals surface area contributed by atoms with E-state index in [2.05, 4.69) is 5.32 Å². The van der Waals surface area contributed by atoms with Gasteiger partial charge in [0.2, 0.25) is 17.7 Å². The number of likely N-dealkylation sites (tertiary alicyclic amines) is 1. The second-order valence-electron chi connectivity index (χ2n) is 9.67. The fourth-order valence-electron chi connectivity index (χ4n) is 5.60. The number of anilines is 1. The first-order valence-corrected chi connectivity index (χ1v) is 11.8. The minimum absolute atomic E-state index is 0.128. The Morgan fingerprint density at radius 3 is 2.45 bits per heavy atom. The lowest BCUT2D eigenvalue weighted by Crippen LogP contribution is -2.60. The molecule has 2 heterocycles. The number of nitrogens with one attached hydrogen (secondary N) is 1. The van der Waals surface area contributed by atoms with Gasteiger partial charge in [0.05, 0.1) is 31.1 Å². The highest BCUT2D eigenvalue weighted by Crippen LogP contribution is 2.60. The molecule has 1 aliphatic heterocycles. The Balaban J connectivity index is 1.59. The Bertz CT molecular complexity index is 1080. The van der Waals surface area contributed by atoms with E-state index in [9.17, 15) is 24.0 Å². The standard InChI is InChI=1S/C23H28N2O7S/c1-22(2)12-8-9-23(22,3)21(30)25(18(12)27)10-14(26)24-17-16(20(29)32-5)15-11(19(28)31-4)6-7-13(15)33-17/h11-12H,6-10H2,1-5H3,(H,24,26). The number of thiophene rings is 1. The number of fused-ring (bicyclic) bond motifs is 3. The van der Waals surface area contributed by atoms with E-state index in [0.717, 1.165) is 9.78 Å². The van der Waals surface area contributed by atoms with Gasteiger partial charge in [-0.2, -0.15) is 0 Å². The average molecular weight is 477 g/mol. The number of aryl methyl sites for hydroxylation is 1. The van der Waals surface area contributed by atoms with Gasteiger partial charge in [-0.15, -0.1) is 11.3 Å². The number of esters is 2. The third-order valence-electron chi connectivity index (χ3n) is 7.97. The van der Waals surface area contributed by atoms with Crippen molar-refractivity contribution in [1.29, 1.82) is 0 Å². The number of hydrogen-bond donors (Lipinski definition) is 1. The predicted molar refractivity (Wildman–Crippen MR) is 119 cm³/mol. The van der Waals surface area contributed by atoms with Gasteiger partial charge in [-0.1, -0.05) is 20.8 Å². The molecule has 1 saturated heterocycles.